The van der Waals surface area contributed by atoms with Gasteiger partial charge in [0.2, 0.25) is 5.75 Å². The summed E-state index contributed by atoms with van der Waals surface area (Å²) in [7, 11) is 0. The first-order chi connectivity index (χ1) is 31.0. The second-order valence-corrected chi connectivity index (χ2v) is 17.8. The molecule has 64 heavy (non-hydrogen) atoms. The fourth-order valence-corrected chi connectivity index (χ4v) is 9.57. The van der Waals surface area contributed by atoms with E-state index in [1.165, 1.54) is 18.6 Å². The number of nitrogens with zero attached hydrogens (tertiary/aromatic N) is 3. The highest BCUT2D eigenvalue weighted by Crippen LogP contribution is 2.44. The molecular weight excluding hydrogens is 813 g/mol. The Bertz CT molecular complexity index is 2170. The third-order valence-corrected chi connectivity index (χ3v) is 12.8. The number of phenols is 3. The number of esters is 1. The normalized spacial score (nSPS) is 22.5. The van der Waals surface area contributed by atoms with Gasteiger partial charge in [-0.3, -0.25) is 14.8 Å². The van der Waals surface area contributed by atoms with E-state index in [9.17, 15) is 20.1 Å². The average molecular weight is 879 g/mol. The number of hydrogen-bond donors (Lipinski definition) is 6. The van der Waals surface area contributed by atoms with Crippen molar-refractivity contribution >= 4 is 17.7 Å². The molecule has 0 bridgehead atoms. The minimum Gasteiger partial charge on any atom is -0.504 e. The van der Waals surface area contributed by atoms with Crippen LogP contribution in [-0.4, -0.2) is 80.8 Å². The second kappa shape index (κ2) is 22.2. The number of nitrogen functional groups attached to an aromatic ring is 1. The Hall–Kier alpha value is -5.76. The maximum absolute atomic E-state index is 12.4. The number of rotatable bonds is 19. The number of aromatic hydroxyl groups is 3. The number of guanidine groups is 1. The molecule has 3 aliphatic rings. The molecule has 7 N–H and O–H groups in total. The lowest BCUT2D eigenvalue weighted by Crippen LogP contribution is -2.59. The first-order valence-corrected chi connectivity index (χ1v) is 23.2. The Balaban J connectivity index is 1.02. The van der Waals surface area contributed by atoms with E-state index in [1.54, 1.807) is 30.7 Å². The van der Waals surface area contributed by atoms with E-state index in [0.717, 1.165) is 101 Å². The number of phenolic OH excluding ortho intramolecular Hbond substituents is 3. The van der Waals surface area contributed by atoms with Gasteiger partial charge in [0.05, 0.1) is 18.8 Å². The molecule has 344 valence electrons. The van der Waals surface area contributed by atoms with Gasteiger partial charge in [-0.1, -0.05) is 38.3 Å². The summed E-state index contributed by atoms with van der Waals surface area (Å²) in [4.78, 5) is 25.4. The molecule has 2 aromatic carbocycles. The van der Waals surface area contributed by atoms with Gasteiger partial charge in [0, 0.05) is 69.8 Å². The number of pyridine rings is 2. The van der Waals surface area contributed by atoms with Gasteiger partial charge in [-0.05, 0) is 122 Å². The lowest BCUT2D eigenvalue weighted by molar-refractivity contribution is -0.165. The molecule has 2 aliphatic heterocycles. The number of carbonyl (C=O) groups is 1. The number of unbranched alkanes of at least 4 members (excludes halogenated alkanes) is 2. The van der Waals surface area contributed by atoms with E-state index in [-0.39, 0.29) is 59.2 Å². The van der Waals surface area contributed by atoms with Crippen molar-refractivity contribution in [2.75, 3.05) is 25.4 Å². The SMILES string of the molecule is CCCCCC(Cc1ccc(O)c(OC2CCCC3(CCN=C(NCCCc4ccnc(N)c4)N3)C2)c1)C1CC(OC(C)=O)CC(c2cc(O)c(O)c(OCCc3cccnc3)c2)O1. The summed E-state index contributed by atoms with van der Waals surface area (Å²) in [5, 5.41) is 40.0. The van der Waals surface area contributed by atoms with Gasteiger partial charge < -0.3 is 50.6 Å². The molecule has 14 nitrogen and oxygen atoms in total. The molecule has 0 radical (unpaired) electrons. The zero-order valence-electron chi connectivity index (χ0n) is 37.3. The Morgan fingerprint density at radius 2 is 1.86 bits per heavy atom. The van der Waals surface area contributed by atoms with Crippen LogP contribution in [0.3, 0.4) is 0 Å². The molecule has 14 heteroatoms. The van der Waals surface area contributed by atoms with Gasteiger partial charge in [0.1, 0.15) is 18.0 Å². The zero-order valence-corrected chi connectivity index (χ0v) is 37.3. The summed E-state index contributed by atoms with van der Waals surface area (Å²) in [5.41, 5.74) is 9.51. The lowest BCUT2D eigenvalue weighted by Gasteiger charge is -2.44. The third-order valence-electron chi connectivity index (χ3n) is 12.8. The topological polar surface area (TPSA) is 203 Å². The number of ether oxygens (including phenoxy) is 4. The van der Waals surface area contributed by atoms with Gasteiger partial charge in [-0.25, -0.2) is 4.98 Å². The summed E-state index contributed by atoms with van der Waals surface area (Å²) in [5.74, 6) is 1.13. The smallest absolute Gasteiger partial charge is 0.302 e. The number of nitrogens with one attached hydrogen (secondary N) is 2. The molecule has 6 unspecified atom stereocenters. The van der Waals surface area contributed by atoms with Gasteiger partial charge >= 0.3 is 5.97 Å². The van der Waals surface area contributed by atoms with Crippen molar-refractivity contribution in [1.29, 1.82) is 0 Å². The highest BCUT2D eigenvalue weighted by molar-refractivity contribution is 5.81. The summed E-state index contributed by atoms with van der Waals surface area (Å²) in [6.45, 7) is 5.39. The van der Waals surface area contributed by atoms with Crippen LogP contribution < -0.4 is 25.8 Å². The molecule has 1 spiro atoms. The van der Waals surface area contributed by atoms with Gasteiger partial charge in [-0.15, -0.1) is 0 Å². The minimum atomic E-state index is -0.539. The lowest BCUT2D eigenvalue weighted by atomic mass is 9.77. The third kappa shape index (κ3) is 12.9. The van der Waals surface area contributed by atoms with Crippen molar-refractivity contribution in [3.8, 4) is 28.7 Å². The summed E-state index contributed by atoms with van der Waals surface area (Å²) in [6, 6.07) is 16.6. The monoisotopic (exact) mass is 878 g/mol. The van der Waals surface area contributed by atoms with E-state index >= 15 is 0 Å². The molecule has 4 heterocycles. The van der Waals surface area contributed by atoms with Crippen molar-refractivity contribution < 1.29 is 39.1 Å². The molecule has 2 aromatic heterocycles. The van der Waals surface area contributed by atoms with Crippen LogP contribution in [0.15, 0.2) is 78.2 Å². The van der Waals surface area contributed by atoms with Gasteiger partial charge in [-0.2, -0.15) is 0 Å². The van der Waals surface area contributed by atoms with E-state index in [2.05, 4.69) is 27.5 Å². The Morgan fingerprint density at radius 3 is 2.67 bits per heavy atom. The van der Waals surface area contributed by atoms with E-state index in [0.29, 0.717) is 42.8 Å². The van der Waals surface area contributed by atoms with Crippen LogP contribution in [0.1, 0.15) is 119 Å². The van der Waals surface area contributed by atoms with Gasteiger partial charge in [0.25, 0.3) is 0 Å². The Kier molecular flexibility index (Phi) is 16.1. The zero-order chi connectivity index (χ0) is 44.9. The number of aromatic nitrogens is 2. The van der Waals surface area contributed by atoms with Gasteiger partial charge in [0.15, 0.2) is 29.0 Å². The van der Waals surface area contributed by atoms with Crippen molar-refractivity contribution in [2.24, 2.45) is 10.9 Å². The maximum atomic E-state index is 12.4. The predicted molar refractivity (Wildman–Crippen MR) is 246 cm³/mol. The molecule has 2 fully saturated rings. The molecule has 1 aliphatic carbocycles. The van der Waals surface area contributed by atoms with Crippen LogP contribution in [-0.2, 0) is 33.5 Å². The molecule has 7 rings (SSSR count). The highest BCUT2D eigenvalue weighted by Gasteiger charge is 2.40. The molecule has 1 saturated carbocycles. The van der Waals surface area contributed by atoms with Crippen molar-refractivity contribution in [2.45, 2.75) is 140 Å². The van der Waals surface area contributed by atoms with Crippen LogP contribution in [0.5, 0.6) is 28.7 Å². The molecular formula is C50H66N6O8. The van der Waals surface area contributed by atoms with Crippen LogP contribution in [0.4, 0.5) is 5.82 Å². The number of benzene rings is 2. The minimum absolute atomic E-state index is 0.0446. The van der Waals surface area contributed by atoms with Crippen LogP contribution in [0, 0.1) is 5.92 Å². The molecule has 0 amide bonds. The number of hydrogen-bond acceptors (Lipinski definition) is 14. The number of anilines is 1. The molecule has 1 saturated heterocycles. The summed E-state index contributed by atoms with van der Waals surface area (Å²) >= 11 is 0. The summed E-state index contributed by atoms with van der Waals surface area (Å²) < 4.78 is 25.5. The van der Waals surface area contributed by atoms with Crippen molar-refractivity contribution in [1.82, 2.24) is 20.6 Å². The van der Waals surface area contributed by atoms with Crippen LogP contribution in [0.2, 0.25) is 0 Å². The second-order valence-electron chi connectivity index (χ2n) is 17.8. The summed E-state index contributed by atoms with van der Waals surface area (Å²) in [6.07, 6.45) is 16.5. The quantitative estimate of drug-likeness (QED) is 0.0301. The predicted octanol–water partition coefficient (Wildman–Crippen LogP) is 8.02. The largest absolute Gasteiger partial charge is 0.504 e. The first kappa shape index (κ1) is 46.2. The van der Waals surface area contributed by atoms with Crippen molar-refractivity contribution in [3.05, 3.63) is 95.4 Å². The van der Waals surface area contributed by atoms with E-state index in [1.807, 2.05) is 36.4 Å². The Labute approximate surface area is 377 Å². The number of aliphatic imine (C=N–C) groups is 1. The van der Waals surface area contributed by atoms with Crippen LogP contribution in [0.25, 0.3) is 0 Å². The number of nitrogens with two attached hydrogens (primary N) is 1. The molecule has 4 aromatic rings. The van der Waals surface area contributed by atoms with E-state index in [4.69, 9.17) is 29.7 Å². The van der Waals surface area contributed by atoms with E-state index < -0.39 is 12.2 Å². The highest BCUT2D eigenvalue weighted by atomic mass is 16.6. The number of aryl methyl sites for hydroxylation is 1. The first-order valence-electron chi connectivity index (χ1n) is 23.2. The standard InChI is InChI=1S/C50H66N6O8/c1-3-4-5-11-37(43-29-40(62-33(2)57)30-44(64-43)38-27-42(59)48(60)46(28-38)61-23-16-35-10-7-19-52-32-35)24-36-13-14-41(58)45(25-36)63-39-12-6-17-50(31-39)18-22-55-49(56-50)54-20-8-9-34-15-21-53-47(51)26-34/h7,10,13-15,19,21,25-28,32,37,39-40,43-44,58-60H,3-6,8-9,11-12,16-18,20,22-24,29-31H2,1-2H3,(H2,51,53)(H2,54,55,56). The molecule has 6 atom stereocenters. The van der Waals surface area contributed by atoms with Crippen LogP contribution >= 0.6 is 0 Å². The average Bonchev–Trinajstić information content (AvgIpc) is 3.27. The fraction of sp³-hybridized carbons (Fsp3) is 0.520. The number of carbonyl (C=O) groups excluding carboxylic acids is 1. The Morgan fingerprint density at radius 1 is 0.969 bits per heavy atom. The fourth-order valence-electron chi connectivity index (χ4n) is 9.57. The van der Waals surface area contributed by atoms with Crippen molar-refractivity contribution in [3.63, 3.8) is 0 Å². The maximum Gasteiger partial charge on any atom is 0.302 e.